The molecule has 1 aromatic carbocycles. The predicted molar refractivity (Wildman–Crippen MR) is 79.0 cm³/mol. The molecular formula is C14H20ClNO2S. The highest BCUT2D eigenvalue weighted by Crippen LogP contribution is 2.31. The van der Waals surface area contributed by atoms with Crippen molar-refractivity contribution < 1.29 is 8.42 Å². The van der Waals surface area contributed by atoms with Crippen LogP contribution in [-0.2, 0) is 16.4 Å². The zero-order chi connectivity index (χ0) is 13.8. The molecule has 0 saturated heterocycles. The van der Waals surface area contributed by atoms with E-state index in [1.165, 1.54) is 0 Å². The number of rotatable bonds is 6. The monoisotopic (exact) mass is 301 g/mol. The Kier molecular flexibility index (Phi) is 4.87. The van der Waals surface area contributed by atoms with Crippen molar-refractivity contribution in [1.82, 2.24) is 4.72 Å². The molecule has 19 heavy (non-hydrogen) atoms. The minimum atomic E-state index is -3.27. The molecule has 0 aromatic heterocycles. The summed E-state index contributed by atoms with van der Waals surface area (Å²) < 4.78 is 27.1. The first-order valence-electron chi connectivity index (χ1n) is 6.67. The maximum Gasteiger partial charge on any atom is 0.212 e. The van der Waals surface area contributed by atoms with Gasteiger partial charge in [-0.05, 0) is 24.8 Å². The van der Waals surface area contributed by atoms with Crippen LogP contribution in [0.2, 0.25) is 0 Å². The van der Waals surface area contributed by atoms with Gasteiger partial charge in [0.05, 0.1) is 5.75 Å². The Labute approximate surface area is 120 Å². The van der Waals surface area contributed by atoms with Crippen LogP contribution in [0.15, 0.2) is 30.3 Å². The number of halogens is 1. The largest absolute Gasteiger partial charge is 0.212 e. The lowest BCUT2D eigenvalue weighted by molar-refractivity contribution is 0.432. The number of aryl methyl sites for hydroxylation is 1. The minimum absolute atomic E-state index is 0.121. The standard InChI is InChI=1S/C14H20ClNO2S/c15-12-14(9-4-5-10-14)16-19(17,18)11-8-13-6-2-1-3-7-13/h1-3,6-7,16H,4-5,8-12H2. The van der Waals surface area contributed by atoms with Crippen molar-refractivity contribution in [2.45, 2.75) is 37.6 Å². The number of hydrogen-bond acceptors (Lipinski definition) is 2. The van der Waals surface area contributed by atoms with Crippen molar-refractivity contribution in [3.05, 3.63) is 35.9 Å². The van der Waals surface area contributed by atoms with Gasteiger partial charge in [0.2, 0.25) is 10.0 Å². The minimum Gasteiger partial charge on any atom is -0.212 e. The van der Waals surface area contributed by atoms with E-state index in [9.17, 15) is 8.42 Å². The fourth-order valence-corrected chi connectivity index (χ4v) is 4.55. The predicted octanol–water partition coefficient (Wildman–Crippen LogP) is 2.70. The Bertz CT molecular complexity index is 495. The molecule has 1 saturated carbocycles. The fraction of sp³-hybridized carbons (Fsp3) is 0.571. The third-order valence-corrected chi connectivity index (χ3v) is 5.69. The maximum absolute atomic E-state index is 12.2. The maximum atomic E-state index is 12.2. The summed E-state index contributed by atoms with van der Waals surface area (Å²) in [6.45, 7) is 0. The van der Waals surface area contributed by atoms with Crippen LogP contribution in [0.3, 0.4) is 0 Å². The van der Waals surface area contributed by atoms with Crippen LogP contribution >= 0.6 is 11.6 Å². The van der Waals surface area contributed by atoms with Gasteiger partial charge in [-0.25, -0.2) is 13.1 Å². The summed E-state index contributed by atoms with van der Waals surface area (Å²) in [5, 5.41) is 0. The first-order chi connectivity index (χ1) is 9.05. The van der Waals surface area contributed by atoms with Crippen LogP contribution in [0.1, 0.15) is 31.2 Å². The normalized spacial score (nSPS) is 18.6. The molecule has 106 valence electrons. The van der Waals surface area contributed by atoms with Gasteiger partial charge < -0.3 is 0 Å². The number of alkyl halides is 1. The van der Waals surface area contributed by atoms with E-state index in [4.69, 9.17) is 11.6 Å². The van der Waals surface area contributed by atoms with Crippen molar-refractivity contribution in [2.75, 3.05) is 11.6 Å². The van der Waals surface area contributed by atoms with E-state index in [0.29, 0.717) is 12.3 Å². The molecule has 0 heterocycles. The van der Waals surface area contributed by atoms with Gasteiger partial charge in [-0.1, -0.05) is 43.2 Å². The van der Waals surface area contributed by atoms with Crippen molar-refractivity contribution in [1.29, 1.82) is 0 Å². The zero-order valence-corrected chi connectivity index (χ0v) is 12.5. The quantitative estimate of drug-likeness (QED) is 0.821. The van der Waals surface area contributed by atoms with E-state index in [1.807, 2.05) is 30.3 Å². The van der Waals surface area contributed by atoms with Gasteiger partial charge in [0, 0.05) is 11.4 Å². The molecule has 5 heteroatoms. The molecule has 0 unspecified atom stereocenters. The van der Waals surface area contributed by atoms with Crippen LogP contribution in [0.4, 0.5) is 0 Å². The smallest absolute Gasteiger partial charge is 0.212 e. The number of nitrogens with one attached hydrogen (secondary N) is 1. The Morgan fingerprint density at radius 3 is 2.37 bits per heavy atom. The molecule has 0 spiro atoms. The van der Waals surface area contributed by atoms with Crippen LogP contribution in [0.5, 0.6) is 0 Å². The van der Waals surface area contributed by atoms with Gasteiger partial charge in [0.25, 0.3) is 0 Å². The van der Waals surface area contributed by atoms with E-state index >= 15 is 0 Å². The lowest BCUT2D eigenvalue weighted by Crippen LogP contribution is -2.48. The zero-order valence-electron chi connectivity index (χ0n) is 10.9. The Balaban J connectivity index is 1.95. The van der Waals surface area contributed by atoms with E-state index in [-0.39, 0.29) is 5.75 Å². The SMILES string of the molecule is O=S(=O)(CCc1ccccc1)NC1(CCl)CCCC1. The van der Waals surface area contributed by atoms with Crippen LogP contribution in [0.25, 0.3) is 0 Å². The average molecular weight is 302 g/mol. The molecular weight excluding hydrogens is 282 g/mol. The Morgan fingerprint density at radius 2 is 1.79 bits per heavy atom. The first kappa shape index (κ1) is 14.8. The van der Waals surface area contributed by atoms with Gasteiger partial charge in [-0.3, -0.25) is 0 Å². The molecule has 1 N–H and O–H groups in total. The Morgan fingerprint density at radius 1 is 1.16 bits per heavy atom. The molecule has 0 bridgehead atoms. The number of hydrogen-bond donors (Lipinski definition) is 1. The highest BCUT2D eigenvalue weighted by Gasteiger charge is 2.36. The average Bonchev–Trinajstić information content (AvgIpc) is 2.86. The molecule has 1 aliphatic carbocycles. The molecule has 0 aliphatic heterocycles. The Hall–Kier alpha value is -0.580. The topological polar surface area (TPSA) is 46.2 Å². The third-order valence-electron chi connectivity index (χ3n) is 3.69. The van der Waals surface area contributed by atoms with Crippen molar-refractivity contribution >= 4 is 21.6 Å². The first-order valence-corrected chi connectivity index (χ1v) is 8.86. The molecule has 1 aromatic rings. The highest BCUT2D eigenvalue weighted by atomic mass is 35.5. The highest BCUT2D eigenvalue weighted by molar-refractivity contribution is 7.89. The summed E-state index contributed by atoms with van der Waals surface area (Å²) in [6.07, 6.45) is 4.33. The summed E-state index contributed by atoms with van der Waals surface area (Å²) in [6, 6.07) is 9.67. The van der Waals surface area contributed by atoms with Crippen LogP contribution in [0, 0.1) is 0 Å². The van der Waals surface area contributed by atoms with Gasteiger partial charge >= 0.3 is 0 Å². The summed E-state index contributed by atoms with van der Waals surface area (Å²) in [5.41, 5.74) is 0.635. The summed E-state index contributed by atoms with van der Waals surface area (Å²) in [7, 11) is -3.27. The van der Waals surface area contributed by atoms with Gasteiger partial charge in [0.1, 0.15) is 0 Å². The van der Waals surface area contributed by atoms with Crippen LogP contribution < -0.4 is 4.72 Å². The van der Waals surface area contributed by atoms with E-state index < -0.39 is 15.6 Å². The van der Waals surface area contributed by atoms with E-state index in [1.54, 1.807) is 0 Å². The second-order valence-electron chi connectivity index (χ2n) is 5.28. The van der Waals surface area contributed by atoms with Gasteiger partial charge in [0.15, 0.2) is 0 Å². The molecule has 0 atom stereocenters. The molecule has 3 nitrogen and oxygen atoms in total. The molecule has 0 radical (unpaired) electrons. The van der Waals surface area contributed by atoms with Crippen molar-refractivity contribution in [3.8, 4) is 0 Å². The lowest BCUT2D eigenvalue weighted by Gasteiger charge is -2.27. The lowest BCUT2D eigenvalue weighted by atomic mass is 10.0. The van der Waals surface area contributed by atoms with Crippen molar-refractivity contribution in [2.24, 2.45) is 0 Å². The van der Waals surface area contributed by atoms with Gasteiger partial charge in [-0.15, -0.1) is 11.6 Å². The summed E-state index contributed by atoms with van der Waals surface area (Å²) in [5.74, 6) is 0.479. The molecule has 2 rings (SSSR count). The molecule has 1 aliphatic rings. The number of benzene rings is 1. The second-order valence-corrected chi connectivity index (χ2v) is 7.39. The van der Waals surface area contributed by atoms with E-state index in [0.717, 1.165) is 31.2 Å². The summed E-state index contributed by atoms with van der Waals surface area (Å²) >= 11 is 5.96. The fourth-order valence-electron chi connectivity index (χ4n) is 2.59. The van der Waals surface area contributed by atoms with Crippen molar-refractivity contribution in [3.63, 3.8) is 0 Å². The molecule has 1 fully saturated rings. The summed E-state index contributed by atoms with van der Waals surface area (Å²) in [4.78, 5) is 0. The third kappa shape index (κ3) is 4.20. The molecule has 0 amide bonds. The second kappa shape index (κ2) is 6.25. The van der Waals surface area contributed by atoms with E-state index in [2.05, 4.69) is 4.72 Å². The number of sulfonamides is 1. The van der Waals surface area contributed by atoms with Gasteiger partial charge in [-0.2, -0.15) is 0 Å². The van der Waals surface area contributed by atoms with Crippen LogP contribution in [-0.4, -0.2) is 25.6 Å².